The van der Waals surface area contributed by atoms with Gasteiger partial charge in [-0.1, -0.05) is 0 Å². The Hall–Kier alpha value is -1.11. The molecule has 2 heterocycles. The maximum Gasteiger partial charge on any atom is 0.354 e. The molecule has 6 heteroatoms. The van der Waals surface area contributed by atoms with Crippen molar-refractivity contribution in [3.63, 3.8) is 0 Å². The molecule has 0 saturated heterocycles. The number of thiophene rings is 1. The number of hydrogen-bond acceptors (Lipinski definition) is 4. The maximum absolute atomic E-state index is 11.3. The van der Waals surface area contributed by atoms with E-state index in [4.69, 9.17) is 0 Å². The van der Waals surface area contributed by atoms with Crippen LogP contribution in [0.2, 0.25) is 0 Å². The molecule has 0 aliphatic rings. The van der Waals surface area contributed by atoms with Gasteiger partial charge in [0, 0.05) is 23.7 Å². The van der Waals surface area contributed by atoms with E-state index in [1.54, 1.807) is 17.4 Å². The Morgan fingerprint density at radius 3 is 2.95 bits per heavy atom. The van der Waals surface area contributed by atoms with Crippen LogP contribution < -0.4 is 5.32 Å². The monoisotopic (exact) mass is 342 g/mol. The van der Waals surface area contributed by atoms with Gasteiger partial charge in [0.2, 0.25) is 0 Å². The molecular formula is C13H15BrN2O2S. The third-order valence-electron chi connectivity index (χ3n) is 2.64. The topological polar surface area (TPSA) is 54.1 Å². The highest BCUT2D eigenvalue weighted by molar-refractivity contribution is 9.11. The highest BCUT2D eigenvalue weighted by Gasteiger charge is 2.07. The molecule has 0 aliphatic heterocycles. The van der Waals surface area contributed by atoms with Crippen molar-refractivity contribution in [2.45, 2.75) is 13.0 Å². The van der Waals surface area contributed by atoms with Gasteiger partial charge < -0.3 is 15.0 Å². The first kappa shape index (κ1) is 14.3. The summed E-state index contributed by atoms with van der Waals surface area (Å²) in [5.41, 5.74) is 1.47. The van der Waals surface area contributed by atoms with Crippen molar-refractivity contribution in [1.82, 2.24) is 10.3 Å². The second-order valence-electron chi connectivity index (χ2n) is 4.02. The molecule has 2 rings (SSSR count). The molecular weight excluding hydrogens is 328 g/mol. The van der Waals surface area contributed by atoms with Gasteiger partial charge in [0.1, 0.15) is 5.69 Å². The number of nitrogens with one attached hydrogen (secondary N) is 2. The molecule has 0 bridgehead atoms. The molecule has 102 valence electrons. The molecule has 0 fully saturated rings. The predicted octanol–water partition coefficient (Wildman–Crippen LogP) is 2.96. The average molecular weight is 343 g/mol. The van der Waals surface area contributed by atoms with Crippen LogP contribution in [0.25, 0.3) is 0 Å². The van der Waals surface area contributed by atoms with E-state index >= 15 is 0 Å². The first-order valence-corrected chi connectivity index (χ1v) is 7.51. The van der Waals surface area contributed by atoms with E-state index in [0.29, 0.717) is 12.2 Å². The predicted molar refractivity (Wildman–Crippen MR) is 79.6 cm³/mol. The fourth-order valence-corrected chi connectivity index (χ4v) is 3.18. The standard InChI is InChI=1S/C13H15BrN2O2S/c1-18-13(17)11-4-2-9(16-11)8-15-7-6-10-3-5-12(14)19-10/h2-5,15-16H,6-8H2,1H3. The van der Waals surface area contributed by atoms with E-state index in [1.807, 2.05) is 6.07 Å². The largest absolute Gasteiger partial charge is 0.464 e. The summed E-state index contributed by atoms with van der Waals surface area (Å²) in [5.74, 6) is -0.338. The SMILES string of the molecule is COC(=O)c1ccc(CNCCc2ccc(Br)s2)[nH]1. The lowest BCUT2D eigenvalue weighted by Crippen LogP contribution is -2.16. The summed E-state index contributed by atoms with van der Waals surface area (Å²) in [6.45, 7) is 1.61. The van der Waals surface area contributed by atoms with Crippen LogP contribution in [0.3, 0.4) is 0 Å². The van der Waals surface area contributed by atoms with Crippen LogP contribution in [-0.4, -0.2) is 24.6 Å². The molecule has 0 amide bonds. The van der Waals surface area contributed by atoms with Crippen molar-refractivity contribution in [3.8, 4) is 0 Å². The van der Waals surface area contributed by atoms with E-state index in [-0.39, 0.29) is 5.97 Å². The van der Waals surface area contributed by atoms with E-state index in [1.165, 1.54) is 12.0 Å². The van der Waals surface area contributed by atoms with Gasteiger partial charge in [0.05, 0.1) is 10.9 Å². The Kier molecular flexibility index (Phi) is 5.18. The minimum atomic E-state index is -0.338. The number of aromatic amines is 1. The molecule has 4 nitrogen and oxygen atoms in total. The zero-order chi connectivity index (χ0) is 13.7. The zero-order valence-electron chi connectivity index (χ0n) is 10.5. The summed E-state index contributed by atoms with van der Waals surface area (Å²) in [7, 11) is 1.38. The fourth-order valence-electron chi connectivity index (χ4n) is 1.69. The number of rotatable bonds is 6. The number of ether oxygens (including phenoxy) is 1. The summed E-state index contributed by atoms with van der Waals surface area (Å²) in [6.07, 6.45) is 1.00. The zero-order valence-corrected chi connectivity index (χ0v) is 12.9. The third kappa shape index (κ3) is 4.19. The first-order chi connectivity index (χ1) is 9.19. The summed E-state index contributed by atoms with van der Waals surface area (Å²) in [5, 5.41) is 3.34. The van der Waals surface area contributed by atoms with Crippen molar-refractivity contribution in [3.05, 3.63) is 44.3 Å². The first-order valence-electron chi connectivity index (χ1n) is 5.90. The minimum absolute atomic E-state index is 0.338. The molecule has 19 heavy (non-hydrogen) atoms. The van der Waals surface area contributed by atoms with Crippen LogP contribution in [0.15, 0.2) is 28.1 Å². The lowest BCUT2D eigenvalue weighted by Gasteiger charge is -2.02. The molecule has 0 radical (unpaired) electrons. The second-order valence-corrected chi connectivity index (χ2v) is 6.57. The molecule has 2 N–H and O–H groups in total. The van der Waals surface area contributed by atoms with Gasteiger partial charge >= 0.3 is 5.97 Å². The molecule has 0 saturated carbocycles. The Labute approximate surface area is 124 Å². The Morgan fingerprint density at radius 1 is 1.42 bits per heavy atom. The van der Waals surface area contributed by atoms with Gasteiger partial charge in [-0.05, 0) is 46.6 Å². The lowest BCUT2D eigenvalue weighted by molar-refractivity contribution is 0.0594. The molecule has 0 aliphatic carbocycles. The van der Waals surface area contributed by atoms with Crippen molar-refractivity contribution >= 4 is 33.2 Å². The van der Waals surface area contributed by atoms with Crippen LogP contribution in [0, 0.1) is 0 Å². The number of esters is 1. The Bertz CT molecular complexity index is 550. The number of H-pyrrole nitrogens is 1. The number of carbonyl (C=O) groups excluding carboxylic acids is 1. The number of carbonyl (C=O) groups is 1. The van der Waals surface area contributed by atoms with Crippen molar-refractivity contribution in [1.29, 1.82) is 0 Å². The van der Waals surface area contributed by atoms with Crippen LogP contribution in [0.5, 0.6) is 0 Å². The molecule has 0 atom stereocenters. The van der Waals surface area contributed by atoms with Crippen molar-refractivity contribution in [2.24, 2.45) is 0 Å². The molecule has 0 aromatic carbocycles. The Morgan fingerprint density at radius 2 is 2.26 bits per heavy atom. The number of halogens is 1. The average Bonchev–Trinajstić information content (AvgIpc) is 3.03. The quantitative estimate of drug-likeness (QED) is 0.626. The summed E-state index contributed by atoms with van der Waals surface area (Å²) in [6, 6.07) is 7.81. The number of hydrogen-bond donors (Lipinski definition) is 2. The van der Waals surface area contributed by atoms with Gasteiger partial charge in [0.25, 0.3) is 0 Å². The molecule has 2 aromatic heterocycles. The summed E-state index contributed by atoms with van der Waals surface area (Å²) in [4.78, 5) is 15.6. The van der Waals surface area contributed by atoms with Gasteiger partial charge in [-0.3, -0.25) is 0 Å². The van der Waals surface area contributed by atoms with Gasteiger partial charge in [-0.25, -0.2) is 4.79 Å². The van der Waals surface area contributed by atoms with Crippen LogP contribution >= 0.6 is 27.3 Å². The smallest absolute Gasteiger partial charge is 0.354 e. The molecule has 0 unspecified atom stereocenters. The molecule has 2 aromatic rings. The summed E-state index contributed by atoms with van der Waals surface area (Å²) >= 11 is 5.20. The number of methoxy groups -OCH3 is 1. The van der Waals surface area contributed by atoms with Crippen molar-refractivity contribution in [2.75, 3.05) is 13.7 Å². The second kappa shape index (κ2) is 6.88. The Balaban J connectivity index is 1.73. The van der Waals surface area contributed by atoms with Crippen LogP contribution in [-0.2, 0) is 17.7 Å². The van der Waals surface area contributed by atoms with Crippen LogP contribution in [0.1, 0.15) is 21.1 Å². The molecule has 0 spiro atoms. The summed E-state index contributed by atoms with van der Waals surface area (Å²) < 4.78 is 5.80. The van der Waals surface area contributed by atoms with E-state index in [9.17, 15) is 4.79 Å². The fraction of sp³-hybridized carbons (Fsp3) is 0.308. The van der Waals surface area contributed by atoms with Crippen LogP contribution in [0.4, 0.5) is 0 Å². The van der Waals surface area contributed by atoms with Gasteiger partial charge in [-0.15, -0.1) is 11.3 Å². The number of aromatic nitrogens is 1. The highest BCUT2D eigenvalue weighted by Crippen LogP contribution is 2.22. The maximum atomic E-state index is 11.3. The van der Waals surface area contributed by atoms with Gasteiger partial charge in [0.15, 0.2) is 0 Å². The third-order valence-corrected chi connectivity index (χ3v) is 4.33. The van der Waals surface area contributed by atoms with Gasteiger partial charge in [-0.2, -0.15) is 0 Å². The highest BCUT2D eigenvalue weighted by atomic mass is 79.9. The lowest BCUT2D eigenvalue weighted by atomic mass is 10.3. The minimum Gasteiger partial charge on any atom is -0.464 e. The van der Waals surface area contributed by atoms with E-state index in [0.717, 1.165) is 22.4 Å². The van der Waals surface area contributed by atoms with E-state index in [2.05, 4.69) is 43.1 Å². The van der Waals surface area contributed by atoms with E-state index < -0.39 is 0 Å². The normalized spacial score (nSPS) is 10.6. The van der Waals surface area contributed by atoms with Crippen molar-refractivity contribution < 1.29 is 9.53 Å².